The summed E-state index contributed by atoms with van der Waals surface area (Å²) in [4.78, 5) is 10.2. The Labute approximate surface area is 50.9 Å². The van der Waals surface area contributed by atoms with Crippen LogP contribution in [-0.2, 0) is 11.2 Å². The van der Waals surface area contributed by atoms with Crippen LogP contribution in [0.15, 0.2) is 10.8 Å². The van der Waals surface area contributed by atoms with Crippen LogP contribution in [0.25, 0.3) is 0 Å². The highest BCUT2D eigenvalue weighted by Gasteiger charge is 2.01. The van der Waals surface area contributed by atoms with Gasteiger partial charge in [0.1, 0.15) is 6.42 Å². The minimum atomic E-state index is -0.473. The van der Waals surface area contributed by atoms with Gasteiger partial charge in [0, 0.05) is 0 Å². The number of nitrogens with zero attached hydrogens (tertiary/aromatic N) is 2. The van der Waals surface area contributed by atoms with E-state index in [-0.39, 0.29) is 12.3 Å². The molecule has 0 aliphatic rings. The maximum Gasteiger partial charge on any atom is 0.226 e. The second kappa shape index (κ2) is 2.25. The van der Waals surface area contributed by atoms with Crippen molar-refractivity contribution in [2.24, 2.45) is 5.73 Å². The number of carbonyl (C=O) groups excluding carboxylic acids is 1. The molecule has 0 aliphatic carbocycles. The van der Waals surface area contributed by atoms with Crippen LogP contribution in [0, 0.1) is 0 Å². The lowest BCUT2D eigenvalue weighted by Gasteiger charge is -1.83. The number of amides is 1. The fourth-order valence-corrected chi connectivity index (χ4v) is 0.422. The molecular weight excluding hydrogens is 122 g/mol. The maximum atomic E-state index is 10.2. The van der Waals surface area contributed by atoms with Gasteiger partial charge in [-0.2, -0.15) is 0 Å². The summed E-state index contributed by atoms with van der Waals surface area (Å²) in [5.74, 6) is -0.221. The molecule has 2 N–H and O–H groups in total. The molecule has 1 heterocycles. The molecule has 5 heteroatoms. The summed E-state index contributed by atoms with van der Waals surface area (Å²) < 4.78 is 4.62. The molecule has 9 heavy (non-hydrogen) atoms. The molecule has 48 valence electrons. The first-order valence-corrected chi connectivity index (χ1v) is 2.32. The van der Waals surface area contributed by atoms with Gasteiger partial charge in [-0.05, 0) is 0 Å². The summed E-state index contributed by atoms with van der Waals surface area (Å²) in [5.41, 5.74) is 4.82. The lowest BCUT2D eigenvalue weighted by Crippen LogP contribution is -2.13. The van der Waals surface area contributed by atoms with E-state index in [4.69, 9.17) is 5.73 Å². The van der Waals surface area contributed by atoms with Gasteiger partial charge in [0.2, 0.25) is 18.2 Å². The Morgan fingerprint density at radius 1 is 1.89 bits per heavy atom. The molecule has 0 unspecified atom stereocenters. The van der Waals surface area contributed by atoms with E-state index in [0.717, 1.165) is 6.39 Å². The number of nitrogens with two attached hydrogens (primary N) is 1. The number of carbonyl (C=O) groups is 1. The van der Waals surface area contributed by atoms with E-state index < -0.39 is 5.91 Å². The number of hydrogen-bond donors (Lipinski definition) is 1. The zero-order chi connectivity index (χ0) is 6.69. The maximum absolute atomic E-state index is 10.2. The van der Waals surface area contributed by atoms with Crippen molar-refractivity contribution in [3.05, 3.63) is 12.3 Å². The average Bonchev–Trinajstić information content (AvgIpc) is 2.15. The van der Waals surface area contributed by atoms with Gasteiger partial charge in [0.25, 0.3) is 0 Å². The Morgan fingerprint density at radius 2 is 2.67 bits per heavy atom. The second-order valence-corrected chi connectivity index (χ2v) is 1.48. The van der Waals surface area contributed by atoms with Crippen molar-refractivity contribution in [1.82, 2.24) is 10.2 Å². The Kier molecular flexibility index (Phi) is 1.44. The number of rotatable bonds is 2. The zero-order valence-electron chi connectivity index (χ0n) is 4.57. The van der Waals surface area contributed by atoms with E-state index in [1.165, 1.54) is 0 Å². The number of primary amides is 1. The van der Waals surface area contributed by atoms with Crippen LogP contribution in [0.2, 0.25) is 0 Å². The zero-order valence-corrected chi connectivity index (χ0v) is 4.57. The molecule has 0 radical (unpaired) electrons. The van der Waals surface area contributed by atoms with Gasteiger partial charge in [0.15, 0.2) is 0 Å². The van der Waals surface area contributed by atoms with E-state index in [1.54, 1.807) is 0 Å². The van der Waals surface area contributed by atoms with E-state index >= 15 is 0 Å². The van der Waals surface area contributed by atoms with Gasteiger partial charge in [-0.15, -0.1) is 10.2 Å². The molecule has 0 bridgehead atoms. The topological polar surface area (TPSA) is 82.0 Å². The first kappa shape index (κ1) is 5.74. The number of hydrogen-bond acceptors (Lipinski definition) is 4. The van der Waals surface area contributed by atoms with Gasteiger partial charge in [-0.3, -0.25) is 4.79 Å². The van der Waals surface area contributed by atoms with E-state index in [9.17, 15) is 4.79 Å². The third-order valence-electron chi connectivity index (χ3n) is 0.731. The highest BCUT2D eigenvalue weighted by Crippen LogP contribution is 1.90. The van der Waals surface area contributed by atoms with Crippen molar-refractivity contribution in [2.45, 2.75) is 6.42 Å². The molecule has 1 aromatic heterocycles. The van der Waals surface area contributed by atoms with Crippen molar-refractivity contribution in [1.29, 1.82) is 0 Å². The third kappa shape index (κ3) is 1.52. The molecule has 0 fully saturated rings. The highest BCUT2D eigenvalue weighted by atomic mass is 16.4. The lowest BCUT2D eigenvalue weighted by molar-refractivity contribution is -0.117. The molecule has 1 aromatic rings. The summed E-state index contributed by atoms with van der Waals surface area (Å²) in [6.45, 7) is 0. The normalized spacial score (nSPS) is 9.33. The highest BCUT2D eigenvalue weighted by molar-refractivity contribution is 5.75. The van der Waals surface area contributed by atoms with Gasteiger partial charge in [-0.1, -0.05) is 0 Å². The summed E-state index contributed by atoms with van der Waals surface area (Å²) in [6, 6.07) is 0. The Balaban J connectivity index is 2.58. The first-order chi connectivity index (χ1) is 4.29. The summed E-state index contributed by atoms with van der Waals surface area (Å²) in [7, 11) is 0. The predicted molar refractivity (Wildman–Crippen MR) is 27.2 cm³/mol. The molecule has 0 aromatic carbocycles. The van der Waals surface area contributed by atoms with Gasteiger partial charge >= 0.3 is 0 Å². The first-order valence-electron chi connectivity index (χ1n) is 2.32. The van der Waals surface area contributed by atoms with Crippen LogP contribution < -0.4 is 5.73 Å². The quantitative estimate of drug-likeness (QED) is 0.558. The molecule has 0 saturated carbocycles. The Bertz CT molecular complexity index is 194. The van der Waals surface area contributed by atoms with Crippen molar-refractivity contribution in [2.75, 3.05) is 0 Å². The molecule has 0 atom stereocenters. The van der Waals surface area contributed by atoms with Crippen LogP contribution >= 0.6 is 0 Å². The van der Waals surface area contributed by atoms with Crippen LogP contribution in [0.5, 0.6) is 0 Å². The molecular formula is C4H5N3O2. The molecule has 0 saturated heterocycles. The summed E-state index contributed by atoms with van der Waals surface area (Å²) in [6.07, 6.45) is 1.16. The van der Waals surface area contributed by atoms with Crippen LogP contribution in [0.3, 0.4) is 0 Å². The van der Waals surface area contributed by atoms with E-state index in [2.05, 4.69) is 14.6 Å². The standard InChI is InChI=1S/C4H5N3O2/c5-3(8)1-4-7-6-2-9-4/h2H,1H2,(H2,5,8). The van der Waals surface area contributed by atoms with Crippen molar-refractivity contribution in [3.8, 4) is 0 Å². The smallest absolute Gasteiger partial charge is 0.226 e. The SMILES string of the molecule is NC(=O)Cc1nnco1. The van der Waals surface area contributed by atoms with Crippen LogP contribution in [0.4, 0.5) is 0 Å². The minimum Gasteiger partial charge on any atom is -0.427 e. The van der Waals surface area contributed by atoms with Gasteiger partial charge in [-0.25, -0.2) is 0 Å². The molecule has 0 spiro atoms. The molecule has 0 aliphatic heterocycles. The van der Waals surface area contributed by atoms with Gasteiger partial charge < -0.3 is 10.2 Å². The van der Waals surface area contributed by atoms with Crippen LogP contribution in [-0.4, -0.2) is 16.1 Å². The van der Waals surface area contributed by atoms with Crippen LogP contribution in [0.1, 0.15) is 5.89 Å². The monoisotopic (exact) mass is 127 g/mol. The van der Waals surface area contributed by atoms with Crippen molar-refractivity contribution in [3.63, 3.8) is 0 Å². The average molecular weight is 127 g/mol. The number of aromatic nitrogens is 2. The summed E-state index contributed by atoms with van der Waals surface area (Å²) >= 11 is 0. The fraction of sp³-hybridized carbons (Fsp3) is 0.250. The third-order valence-corrected chi connectivity index (χ3v) is 0.731. The Morgan fingerprint density at radius 3 is 3.11 bits per heavy atom. The van der Waals surface area contributed by atoms with Crippen molar-refractivity contribution >= 4 is 5.91 Å². The Hall–Kier alpha value is -1.39. The predicted octanol–water partition coefficient (Wildman–Crippen LogP) is -0.903. The fourth-order valence-electron chi connectivity index (χ4n) is 0.422. The lowest BCUT2D eigenvalue weighted by atomic mass is 10.4. The van der Waals surface area contributed by atoms with E-state index in [0.29, 0.717) is 0 Å². The molecule has 1 amide bonds. The second-order valence-electron chi connectivity index (χ2n) is 1.48. The largest absolute Gasteiger partial charge is 0.427 e. The van der Waals surface area contributed by atoms with Crippen molar-refractivity contribution < 1.29 is 9.21 Å². The van der Waals surface area contributed by atoms with E-state index in [1.807, 2.05) is 0 Å². The minimum absolute atomic E-state index is 0.0139. The van der Waals surface area contributed by atoms with Gasteiger partial charge in [0.05, 0.1) is 0 Å². The molecule has 5 nitrogen and oxygen atoms in total. The molecule has 1 rings (SSSR count). The summed E-state index contributed by atoms with van der Waals surface area (Å²) in [5, 5.41) is 6.79.